The monoisotopic (exact) mass is 395 g/mol. The van der Waals surface area contributed by atoms with Crippen LogP contribution in [0.25, 0.3) is 0 Å². The van der Waals surface area contributed by atoms with Crippen LogP contribution in [0, 0.1) is 0 Å². The van der Waals surface area contributed by atoms with E-state index in [2.05, 4.69) is 10.6 Å². The molecule has 3 amide bonds. The molecule has 0 saturated carbocycles. The zero-order chi connectivity index (χ0) is 18.8. The molecule has 1 aromatic heterocycles. The summed E-state index contributed by atoms with van der Waals surface area (Å²) in [5.41, 5.74) is 0. The molecule has 0 radical (unpaired) electrons. The first-order valence-corrected chi connectivity index (χ1v) is 9.46. The maximum absolute atomic E-state index is 11.9. The zero-order valence-corrected chi connectivity index (χ0v) is 16.1. The average Bonchev–Trinajstić information content (AvgIpc) is 3.09. The number of nitrogens with zero attached hydrogens (tertiary/aromatic N) is 1. The molecule has 0 saturated heterocycles. The van der Waals surface area contributed by atoms with E-state index in [4.69, 9.17) is 16.3 Å². The highest BCUT2D eigenvalue weighted by molar-refractivity contribution is 7.09. The van der Waals surface area contributed by atoms with Gasteiger partial charge in [0.2, 0.25) is 5.91 Å². The first-order valence-electron chi connectivity index (χ1n) is 8.20. The standard InChI is InChI=1S/C18H22ClN3O3S/c1-22(10-11-25-16-7-3-2-6-15(16)19)13-17(23)21-18(24)20-9-8-14-5-4-12-26-14/h2-7,12H,8-11,13H2,1H3,(H2,20,21,23,24). The third-order valence-corrected chi connectivity index (χ3v) is 4.72. The van der Waals surface area contributed by atoms with Gasteiger partial charge in [-0.2, -0.15) is 0 Å². The predicted molar refractivity (Wildman–Crippen MR) is 104 cm³/mol. The Morgan fingerprint density at radius 3 is 2.77 bits per heavy atom. The number of hydrogen-bond donors (Lipinski definition) is 2. The Morgan fingerprint density at radius 1 is 1.23 bits per heavy atom. The minimum absolute atomic E-state index is 0.101. The van der Waals surface area contributed by atoms with Gasteiger partial charge in [0.15, 0.2) is 0 Å². The maximum Gasteiger partial charge on any atom is 0.321 e. The third-order valence-electron chi connectivity index (χ3n) is 3.47. The van der Waals surface area contributed by atoms with E-state index in [0.29, 0.717) is 30.5 Å². The van der Waals surface area contributed by atoms with Crippen LogP contribution in [0.2, 0.25) is 5.02 Å². The Bertz CT molecular complexity index is 709. The van der Waals surface area contributed by atoms with Crippen molar-refractivity contribution in [2.75, 3.05) is 33.3 Å². The fourth-order valence-corrected chi connectivity index (χ4v) is 3.06. The highest BCUT2D eigenvalue weighted by Gasteiger charge is 2.10. The second kappa shape index (κ2) is 10.8. The van der Waals surface area contributed by atoms with Crippen LogP contribution in [0.4, 0.5) is 4.79 Å². The maximum atomic E-state index is 11.9. The number of carbonyl (C=O) groups excluding carboxylic acids is 2. The molecule has 0 fully saturated rings. The Hall–Kier alpha value is -2.09. The number of carbonyl (C=O) groups is 2. The van der Waals surface area contributed by atoms with Gasteiger partial charge in [-0.05, 0) is 37.0 Å². The van der Waals surface area contributed by atoms with E-state index < -0.39 is 6.03 Å². The van der Waals surface area contributed by atoms with E-state index in [1.165, 1.54) is 4.88 Å². The van der Waals surface area contributed by atoms with E-state index >= 15 is 0 Å². The quantitative estimate of drug-likeness (QED) is 0.685. The number of likely N-dealkylation sites (N-methyl/N-ethyl adjacent to an activating group) is 1. The van der Waals surface area contributed by atoms with E-state index in [-0.39, 0.29) is 12.5 Å². The van der Waals surface area contributed by atoms with Crippen molar-refractivity contribution in [2.24, 2.45) is 0 Å². The number of thiophene rings is 1. The molecule has 140 valence electrons. The molecule has 26 heavy (non-hydrogen) atoms. The summed E-state index contributed by atoms with van der Waals surface area (Å²) >= 11 is 7.65. The SMILES string of the molecule is CN(CCOc1ccccc1Cl)CC(=O)NC(=O)NCCc1cccs1. The molecule has 6 nitrogen and oxygen atoms in total. The van der Waals surface area contributed by atoms with Crippen molar-refractivity contribution in [2.45, 2.75) is 6.42 Å². The van der Waals surface area contributed by atoms with Crippen molar-refractivity contribution < 1.29 is 14.3 Å². The molecule has 0 atom stereocenters. The Kier molecular flexibility index (Phi) is 8.40. The largest absolute Gasteiger partial charge is 0.491 e. The summed E-state index contributed by atoms with van der Waals surface area (Å²) in [6.45, 7) is 1.50. The van der Waals surface area contributed by atoms with E-state index in [0.717, 1.165) is 6.42 Å². The van der Waals surface area contributed by atoms with Gasteiger partial charge in [-0.1, -0.05) is 29.8 Å². The molecule has 0 aliphatic heterocycles. The number of urea groups is 1. The molecule has 2 N–H and O–H groups in total. The summed E-state index contributed by atoms with van der Waals surface area (Å²) in [7, 11) is 1.78. The summed E-state index contributed by atoms with van der Waals surface area (Å²) in [6.07, 6.45) is 0.749. The summed E-state index contributed by atoms with van der Waals surface area (Å²) in [6, 6.07) is 10.7. The molecule has 0 spiro atoms. The fourth-order valence-electron chi connectivity index (χ4n) is 2.16. The number of imide groups is 1. The molecule has 0 aliphatic rings. The second-order valence-corrected chi connectivity index (χ2v) is 7.09. The lowest BCUT2D eigenvalue weighted by Gasteiger charge is -2.16. The lowest BCUT2D eigenvalue weighted by molar-refractivity contribution is -0.120. The van der Waals surface area contributed by atoms with Gasteiger partial charge >= 0.3 is 6.03 Å². The number of amides is 3. The topological polar surface area (TPSA) is 70.7 Å². The van der Waals surface area contributed by atoms with Crippen molar-refractivity contribution in [1.82, 2.24) is 15.5 Å². The lowest BCUT2D eigenvalue weighted by Crippen LogP contribution is -2.44. The number of ether oxygens (including phenoxy) is 1. The number of benzene rings is 1. The fraction of sp³-hybridized carbons (Fsp3) is 0.333. The molecule has 2 aromatic rings. The molecular weight excluding hydrogens is 374 g/mol. The molecule has 0 aliphatic carbocycles. The van der Waals surface area contributed by atoms with Gasteiger partial charge in [0.25, 0.3) is 0 Å². The van der Waals surface area contributed by atoms with Crippen molar-refractivity contribution in [3.05, 3.63) is 51.7 Å². The number of halogens is 1. The normalized spacial score (nSPS) is 10.6. The molecule has 8 heteroatoms. The van der Waals surface area contributed by atoms with Gasteiger partial charge < -0.3 is 10.1 Å². The third kappa shape index (κ3) is 7.43. The van der Waals surface area contributed by atoms with E-state index in [1.54, 1.807) is 35.4 Å². The van der Waals surface area contributed by atoms with Gasteiger partial charge in [-0.3, -0.25) is 15.0 Å². The van der Waals surface area contributed by atoms with Gasteiger partial charge in [0.1, 0.15) is 12.4 Å². The zero-order valence-electron chi connectivity index (χ0n) is 14.5. The second-order valence-electron chi connectivity index (χ2n) is 5.65. The molecule has 0 bridgehead atoms. The van der Waals surface area contributed by atoms with Gasteiger partial charge in [0.05, 0.1) is 11.6 Å². The van der Waals surface area contributed by atoms with Crippen molar-refractivity contribution in [3.8, 4) is 5.75 Å². The Labute approximate surface area is 162 Å². The number of hydrogen-bond acceptors (Lipinski definition) is 5. The molecule has 1 heterocycles. The highest BCUT2D eigenvalue weighted by Crippen LogP contribution is 2.22. The van der Waals surface area contributed by atoms with Gasteiger partial charge in [0, 0.05) is 18.0 Å². The summed E-state index contributed by atoms with van der Waals surface area (Å²) in [5, 5.41) is 7.53. The van der Waals surface area contributed by atoms with E-state index in [9.17, 15) is 9.59 Å². The summed E-state index contributed by atoms with van der Waals surface area (Å²) in [4.78, 5) is 26.5. The number of para-hydroxylation sites is 1. The first-order chi connectivity index (χ1) is 12.5. The van der Waals surface area contributed by atoms with Gasteiger partial charge in [-0.25, -0.2) is 4.79 Å². The minimum atomic E-state index is -0.479. The van der Waals surface area contributed by atoms with Crippen molar-refractivity contribution in [1.29, 1.82) is 0 Å². The van der Waals surface area contributed by atoms with Crippen LogP contribution < -0.4 is 15.4 Å². The van der Waals surface area contributed by atoms with Crippen LogP contribution in [-0.4, -0.2) is 50.1 Å². The van der Waals surface area contributed by atoms with E-state index in [1.807, 2.05) is 29.6 Å². The number of nitrogens with one attached hydrogen (secondary N) is 2. The highest BCUT2D eigenvalue weighted by atomic mass is 35.5. The molecular formula is C18H22ClN3O3S. The van der Waals surface area contributed by atoms with Crippen LogP contribution >= 0.6 is 22.9 Å². The van der Waals surface area contributed by atoms with Crippen LogP contribution in [0.15, 0.2) is 41.8 Å². The molecule has 1 aromatic carbocycles. The van der Waals surface area contributed by atoms with Crippen LogP contribution in [0.3, 0.4) is 0 Å². The average molecular weight is 396 g/mol. The van der Waals surface area contributed by atoms with Crippen molar-refractivity contribution >= 4 is 34.9 Å². The van der Waals surface area contributed by atoms with Gasteiger partial charge in [-0.15, -0.1) is 11.3 Å². The summed E-state index contributed by atoms with van der Waals surface area (Å²) < 4.78 is 5.57. The van der Waals surface area contributed by atoms with Crippen molar-refractivity contribution in [3.63, 3.8) is 0 Å². The Morgan fingerprint density at radius 2 is 2.04 bits per heavy atom. The van der Waals surface area contributed by atoms with Crippen LogP contribution in [0.1, 0.15) is 4.88 Å². The van der Waals surface area contributed by atoms with Crippen LogP contribution in [0.5, 0.6) is 5.75 Å². The summed E-state index contributed by atoms with van der Waals surface area (Å²) in [5.74, 6) is 0.246. The Balaban J connectivity index is 1.59. The predicted octanol–water partition coefficient (Wildman–Crippen LogP) is 2.78. The van der Waals surface area contributed by atoms with Crippen LogP contribution in [-0.2, 0) is 11.2 Å². The molecule has 0 unspecified atom stereocenters. The molecule has 2 rings (SSSR count). The number of rotatable bonds is 9. The minimum Gasteiger partial charge on any atom is -0.491 e. The lowest BCUT2D eigenvalue weighted by atomic mass is 10.3. The smallest absolute Gasteiger partial charge is 0.321 e. The first kappa shape index (κ1) is 20.2.